The first kappa shape index (κ1) is 11.6. The lowest BCUT2D eigenvalue weighted by atomic mass is 10.1. The Balaban J connectivity index is 1.66. The fraction of sp³-hybridized carbons (Fsp3) is 0.462. The minimum atomic E-state index is -0.629. The molecule has 2 saturated heterocycles. The van der Waals surface area contributed by atoms with Gasteiger partial charge in [0.05, 0.1) is 18.8 Å². The zero-order valence-corrected chi connectivity index (χ0v) is 9.69. The summed E-state index contributed by atoms with van der Waals surface area (Å²) in [6.45, 7) is 0.500. The lowest BCUT2D eigenvalue weighted by Crippen LogP contribution is -2.34. The zero-order valence-electron chi connectivity index (χ0n) is 9.69. The van der Waals surface area contributed by atoms with Crippen LogP contribution in [0.2, 0.25) is 0 Å². The Labute approximate surface area is 104 Å². The summed E-state index contributed by atoms with van der Waals surface area (Å²) < 4.78 is 16.1. The molecule has 18 heavy (non-hydrogen) atoms. The predicted octanol–water partition coefficient (Wildman–Crippen LogP) is 0.370. The Morgan fingerprint density at radius 3 is 2.67 bits per heavy atom. The number of hydrogen-bond donors (Lipinski definition) is 1. The van der Waals surface area contributed by atoms with Crippen LogP contribution >= 0.6 is 0 Å². The molecule has 0 unspecified atom stereocenters. The van der Waals surface area contributed by atoms with E-state index in [4.69, 9.17) is 14.2 Å². The molecule has 0 spiro atoms. The summed E-state index contributed by atoms with van der Waals surface area (Å²) in [5.74, 6) is -0.394. The second kappa shape index (κ2) is 4.68. The van der Waals surface area contributed by atoms with Crippen LogP contribution in [0.3, 0.4) is 0 Å². The average Bonchev–Trinajstić information content (AvgIpc) is 2.95. The van der Waals surface area contributed by atoms with E-state index in [0.29, 0.717) is 5.56 Å². The maximum Gasteiger partial charge on any atom is 0.338 e. The smallest absolute Gasteiger partial charge is 0.338 e. The van der Waals surface area contributed by atoms with Gasteiger partial charge in [-0.3, -0.25) is 0 Å². The summed E-state index contributed by atoms with van der Waals surface area (Å²) in [5, 5.41) is 9.58. The molecule has 0 bridgehead atoms. The van der Waals surface area contributed by atoms with Gasteiger partial charge in [0, 0.05) is 0 Å². The van der Waals surface area contributed by atoms with Crippen LogP contribution < -0.4 is 0 Å². The molecule has 0 radical (unpaired) electrons. The van der Waals surface area contributed by atoms with Crippen molar-refractivity contribution in [2.24, 2.45) is 0 Å². The second-order valence-corrected chi connectivity index (χ2v) is 4.47. The number of carbonyl (C=O) groups excluding carboxylic acids is 1. The van der Waals surface area contributed by atoms with Gasteiger partial charge in [-0.1, -0.05) is 18.2 Å². The fourth-order valence-corrected chi connectivity index (χ4v) is 2.32. The molecule has 5 heteroatoms. The first-order valence-corrected chi connectivity index (χ1v) is 5.93. The number of aliphatic hydroxyl groups is 1. The average molecular weight is 250 g/mol. The third-order valence-corrected chi connectivity index (χ3v) is 3.25. The Morgan fingerprint density at radius 2 is 1.89 bits per heavy atom. The van der Waals surface area contributed by atoms with Gasteiger partial charge in [-0.25, -0.2) is 4.79 Å². The molecular weight excluding hydrogens is 236 g/mol. The van der Waals surface area contributed by atoms with Crippen molar-refractivity contribution in [2.75, 3.05) is 13.2 Å². The molecule has 1 N–H and O–H groups in total. The van der Waals surface area contributed by atoms with Crippen LogP contribution in [0.1, 0.15) is 10.4 Å². The molecule has 5 nitrogen and oxygen atoms in total. The standard InChI is InChI=1S/C13H14O5/c14-9-6-16-12-10(7-17-11(9)12)18-13(15)8-4-2-1-3-5-8/h1-5,9-12,14H,6-7H2/t9-,10+,11-,12+/m0/s1. The van der Waals surface area contributed by atoms with E-state index in [2.05, 4.69) is 0 Å². The summed E-state index contributed by atoms with van der Waals surface area (Å²) in [4.78, 5) is 11.9. The Bertz CT molecular complexity index is 432. The van der Waals surface area contributed by atoms with Gasteiger partial charge in [0.15, 0.2) is 6.10 Å². The largest absolute Gasteiger partial charge is 0.453 e. The molecule has 2 fully saturated rings. The van der Waals surface area contributed by atoms with Crippen molar-refractivity contribution < 1.29 is 24.1 Å². The molecule has 2 aliphatic heterocycles. The van der Waals surface area contributed by atoms with Crippen molar-refractivity contribution in [3.8, 4) is 0 Å². The van der Waals surface area contributed by atoms with Crippen LogP contribution in [0.15, 0.2) is 30.3 Å². The minimum Gasteiger partial charge on any atom is -0.453 e. The van der Waals surface area contributed by atoms with Crippen molar-refractivity contribution in [3.05, 3.63) is 35.9 Å². The number of benzene rings is 1. The van der Waals surface area contributed by atoms with E-state index < -0.39 is 18.2 Å². The topological polar surface area (TPSA) is 65.0 Å². The van der Waals surface area contributed by atoms with Crippen LogP contribution in [-0.2, 0) is 14.2 Å². The van der Waals surface area contributed by atoms with Crippen LogP contribution in [0, 0.1) is 0 Å². The highest BCUT2D eigenvalue weighted by Gasteiger charge is 2.48. The first-order valence-electron chi connectivity index (χ1n) is 5.93. The van der Waals surface area contributed by atoms with Gasteiger partial charge in [0.1, 0.15) is 18.3 Å². The first-order chi connectivity index (χ1) is 8.75. The van der Waals surface area contributed by atoms with E-state index in [-0.39, 0.29) is 25.4 Å². The van der Waals surface area contributed by atoms with E-state index >= 15 is 0 Å². The van der Waals surface area contributed by atoms with E-state index in [0.717, 1.165) is 0 Å². The molecule has 4 atom stereocenters. The molecule has 2 aliphatic rings. The van der Waals surface area contributed by atoms with Gasteiger partial charge in [-0.2, -0.15) is 0 Å². The highest BCUT2D eigenvalue weighted by atomic mass is 16.6. The van der Waals surface area contributed by atoms with E-state index in [9.17, 15) is 9.90 Å². The van der Waals surface area contributed by atoms with Crippen molar-refractivity contribution >= 4 is 5.97 Å². The van der Waals surface area contributed by atoms with Gasteiger partial charge >= 0.3 is 5.97 Å². The summed E-state index contributed by atoms with van der Waals surface area (Å²) in [6.07, 6.45) is -1.80. The highest BCUT2D eigenvalue weighted by molar-refractivity contribution is 5.89. The van der Waals surface area contributed by atoms with Crippen LogP contribution in [0.5, 0.6) is 0 Å². The Hall–Kier alpha value is -1.43. The molecule has 96 valence electrons. The van der Waals surface area contributed by atoms with E-state index in [1.54, 1.807) is 24.3 Å². The molecule has 2 heterocycles. The maximum atomic E-state index is 11.9. The quantitative estimate of drug-likeness (QED) is 0.768. The summed E-state index contributed by atoms with van der Waals surface area (Å²) in [5.41, 5.74) is 0.500. The molecule has 0 amide bonds. The van der Waals surface area contributed by atoms with E-state index in [1.165, 1.54) is 0 Å². The summed E-state index contributed by atoms with van der Waals surface area (Å²) in [7, 11) is 0. The second-order valence-electron chi connectivity index (χ2n) is 4.47. The lowest BCUT2D eigenvalue weighted by Gasteiger charge is -2.16. The van der Waals surface area contributed by atoms with Crippen LogP contribution in [0.4, 0.5) is 0 Å². The number of rotatable bonds is 2. The predicted molar refractivity (Wildman–Crippen MR) is 61.1 cm³/mol. The normalized spacial score (nSPS) is 34.3. The zero-order chi connectivity index (χ0) is 12.5. The monoisotopic (exact) mass is 250 g/mol. The molecular formula is C13H14O5. The minimum absolute atomic E-state index is 0.231. The van der Waals surface area contributed by atoms with Crippen molar-refractivity contribution in [1.29, 1.82) is 0 Å². The van der Waals surface area contributed by atoms with Crippen molar-refractivity contribution in [2.45, 2.75) is 24.4 Å². The van der Waals surface area contributed by atoms with Crippen LogP contribution in [-0.4, -0.2) is 48.7 Å². The lowest BCUT2D eigenvalue weighted by molar-refractivity contribution is -0.0209. The van der Waals surface area contributed by atoms with Crippen molar-refractivity contribution in [3.63, 3.8) is 0 Å². The number of hydrogen-bond acceptors (Lipinski definition) is 5. The number of fused-ring (bicyclic) bond motifs is 1. The molecule has 1 aromatic carbocycles. The number of carbonyl (C=O) groups is 1. The van der Waals surface area contributed by atoms with Gasteiger partial charge in [-0.05, 0) is 12.1 Å². The number of ether oxygens (including phenoxy) is 3. The SMILES string of the molecule is O=C(O[C@@H]1CO[C@@H]2[C@@H]1OC[C@@H]2O)c1ccccc1. The Kier molecular flexibility index (Phi) is 3.03. The van der Waals surface area contributed by atoms with Crippen LogP contribution in [0.25, 0.3) is 0 Å². The van der Waals surface area contributed by atoms with E-state index in [1.807, 2.05) is 6.07 Å². The molecule has 0 aromatic heterocycles. The summed E-state index contributed by atoms with van der Waals surface area (Å²) in [6, 6.07) is 8.78. The highest BCUT2D eigenvalue weighted by Crippen LogP contribution is 2.29. The van der Waals surface area contributed by atoms with Gasteiger partial charge < -0.3 is 19.3 Å². The molecule has 3 rings (SSSR count). The summed E-state index contributed by atoms with van der Waals surface area (Å²) >= 11 is 0. The number of esters is 1. The molecule has 0 aliphatic carbocycles. The molecule has 1 aromatic rings. The van der Waals surface area contributed by atoms with Gasteiger partial charge in [0.25, 0.3) is 0 Å². The Morgan fingerprint density at radius 1 is 1.17 bits per heavy atom. The molecule has 0 saturated carbocycles. The maximum absolute atomic E-state index is 11.9. The van der Waals surface area contributed by atoms with Crippen molar-refractivity contribution in [1.82, 2.24) is 0 Å². The fourth-order valence-electron chi connectivity index (χ4n) is 2.32. The number of aliphatic hydroxyl groups excluding tert-OH is 1. The third-order valence-electron chi connectivity index (χ3n) is 3.25. The van der Waals surface area contributed by atoms with Gasteiger partial charge in [0.2, 0.25) is 0 Å². The van der Waals surface area contributed by atoms with Gasteiger partial charge in [-0.15, -0.1) is 0 Å². The third kappa shape index (κ3) is 2.01.